The first kappa shape index (κ1) is 22.2. The van der Waals surface area contributed by atoms with Gasteiger partial charge in [-0.15, -0.1) is 24.0 Å². The molecule has 27 heavy (non-hydrogen) atoms. The van der Waals surface area contributed by atoms with Crippen LogP contribution in [0.1, 0.15) is 20.3 Å². The van der Waals surface area contributed by atoms with E-state index in [1.807, 2.05) is 12.1 Å². The van der Waals surface area contributed by atoms with Crippen LogP contribution in [0.5, 0.6) is 0 Å². The Kier molecular flexibility index (Phi) is 8.60. The van der Waals surface area contributed by atoms with Gasteiger partial charge in [0.15, 0.2) is 5.96 Å². The molecule has 1 unspecified atom stereocenters. The highest BCUT2D eigenvalue weighted by Crippen LogP contribution is 2.19. The number of hydrogen-bond acceptors (Lipinski definition) is 3. The Morgan fingerprint density at radius 2 is 1.81 bits per heavy atom. The first-order valence-electron chi connectivity index (χ1n) is 9.79. The van der Waals surface area contributed by atoms with Crippen LogP contribution in [0.15, 0.2) is 29.3 Å². The van der Waals surface area contributed by atoms with E-state index in [0.717, 1.165) is 50.9 Å². The predicted octanol–water partition coefficient (Wildman–Crippen LogP) is 2.86. The Morgan fingerprint density at radius 1 is 1.15 bits per heavy atom. The van der Waals surface area contributed by atoms with Gasteiger partial charge in [0.2, 0.25) is 0 Å². The van der Waals surface area contributed by atoms with Crippen molar-refractivity contribution in [3.8, 4) is 0 Å². The molecule has 0 bridgehead atoms. The summed E-state index contributed by atoms with van der Waals surface area (Å²) in [6.45, 7) is 12.4. The minimum Gasteiger partial charge on any atom is -0.370 e. The highest BCUT2D eigenvalue weighted by Gasteiger charge is 2.23. The van der Waals surface area contributed by atoms with Crippen LogP contribution in [0.4, 0.5) is 10.1 Å². The average Bonchev–Trinajstić information content (AvgIpc) is 3.07. The number of hydrogen-bond donors (Lipinski definition) is 1. The monoisotopic (exact) mass is 489 g/mol. The quantitative estimate of drug-likeness (QED) is 0.393. The molecule has 0 radical (unpaired) electrons. The smallest absolute Gasteiger partial charge is 0.191 e. The minimum absolute atomic E-state index is 0. The molecule has 0 aromatic heterocycles. The third-order valence-electron chi connectivity index (χ3n) is 5.30. The highest BCUT2D eigenvalue weighted by molar-refractivity contribution is 14.0. The van der Waals surface area contributed by atoms with Crippen LogP contribution in [-0.4, -0.2) is 68.1 Å². The van der Waals surface area contributed by atoms with E-state index in [0.29, 0.717) is 11.9 Å². The van der Waals surface area contributed by atoms with E-state index in [1.54, 1.807) is 0 Å². The number of nitrogens with zero attached hydrogens (tertiary/aromatic N) is 4. The van der Waals surface area contributed by atoms with Gasteiger partial charge in [-0.3, -0.25) is 4.99 Å². The normalized spacial score (nSPS) is 21.6. The summed E-state index contributed by atoms with van der Waals surface area (Å²) >= 11 is 0. The lowest BCUT2D eigenvalue weighted by atomic mass is 10.1. The van der Waals surface area contributed by atoms with Crippen molar-refractivity contribution in [2.24, 2.45) is 22.6 Å². The molecule has 5 nitrogen and oxygen atoms in total. The van der Waals surface area contributed by atoms with Gasteiger partial charge in [-0.1, -0.05) is 13.8 Å². The van der Waals surface area contributed by atoms with E-state index < -0.39 is 0 Å². The van der Waals surface area contributed by atoms with E-state index in [1.165, 1.54) is 31.6 Å². The van der Waals surface area contributed by atoms with Gasteiger partial charge in [0.25, 0.3) is 0 Å². The van der Waals surface area contributed by atoms with Gasteiger partial charge in [-0.05, 0) is 49.1 Å². The molecule has 0 saturated carbocycles. The van der Waals surface area contributed by atoms with E-state index in [4.69, 9.17) is 5.73 Å². The Labute approximate surface area is 179 Å². The Hall–Kier alpha value is -1.09. The van der Waals surface area contributed by atoms with Crippen LogP contribution in [0.2, 0.25) is 0 Å². The van der Waals surface area contributed by atoms with Gasteiger partial charge in [0.1, 0.15) is 5.82 Å². The van der Waals surface area contributed by atoms with Crippen LogP contribution in [-0.2, 0) is 0 Å². The lowest BCUT2D eigenvalue weighted by Gasteiger charge is -2.36. The number of nitrogens with two attached hydrogens (primary N) is 1. The van der Waals surface area contributed by atoms with Crippen LogP contribution in [0.3, 0.4) is 0 Å². The SMILES string of the molecule is CC(C)CN1CCC(CN=C(N)N2CCN(c3ccc(F)cc3)CC2)C1.I. The Morgan fingerprint density at radius 3 is 2.44 bits per heavy atom. The molecule has 2 saturated heterocycles. The summed E-state index contributed by atoms with van der Waals surface area (Å²) in [6.07, 6.45) is 1.22. The molecule has 1 aromatic carbocycles. The van der Waals surface area contributed by atoms with E-state index in [9.17, 15) is 4.39 Å². The summed E-state index contributed by atoms with van der Waals surface area (Å²) in [5.41, 5.74) is 7.31. The van der Waals surface area contributed by atoms with Crippen molar-refractivity contribution in [3.63, 3.8) is 0 Å². The van der Waals surface area contributed by atoms with E-state index >= 15 is 0 Å². The van der Waals surface area contributed by atoms with E-state index in [-0.39, 0.29) is 29.8 Å². The number of rotatable bonds is 5. The zero-order valence-electron chi connectivity index (χ0n) is 16.5. The summed E-state index contributed by atoms with van der Waals surface area (Å²) in [7, 11) is 0. The zero-order chi connectivity index (χ0) is 18.5. The zero-order valence-corrected chi connectivity index (χ0v) is 18.8. The van der Waals surface area contributed by atoms with Crippen molar-refractivity contribution >= 4 is 35.6 Å². The summed E-state index contributed by atoms with van der Waals surface area (Å²) < 4.78 is 13.1. The van der Waals surface area contributed by atoms with Crippen LogP contribution in [0, 0.1) is 17.7 Å². The van der Waals surface area contributed by atoms with Crippen molar-refractivity contribution in [1.82, 2.24) is 9.80 Å². The highest BCUT2D eigenvalue weighted by atomic mass is 127. The molecule has 152 valence electrons. The molecule has 2 fully saturated rings. The molecular formula is C20H33FIN5. The molecule has 2 aliphatic heterocycles. The molecule has 0 spiro atoms. The van der Waals surface area contributed by atoms with Crippen molar-refractivity contribution in [1.29, 1.82) is 0 Å². The number of guanidine groups is 1. The number of benzene rings is 1. The third-order valence-corrected chi connectivity index (χ3v) is 5.30. The summed E-state index contributed by atoms with van der Waals surface area (Å²) in [5.74, 6) is 1.83. The fourth-order valence-electron chi connectivity index (χ4n) is 3.91. The first-order valence-corrected chi connectivity index (χ1v) is 9.79. The summed E-state index contributed by atoms with van der Waals surface area (Å²) in [6, 6.07) is 6.71. The summed E-state index contributed by atoms with van der Waals surface area (Å²) in [4.78, 5) is 11.7. The molecule has 1 aromatic rings. The number of aliphatic imine (C=N–C) groups is 1. The molecule has 1 atom stereocenters. The van der Waals surface area contributed by atoms with Crippen molar-refractivity contribution < 1.29 is 4.39 Å². The number of halogens is 2. The summed E-state index contributed by atoms with van der Waals surface area (Å²) in [5, 5.41) is 0. The second kappa shape index (κ2) is 10.5. The van der Waals surface area contributed by atoms with Crippen molar-refractivity contribution in [3.05, 3.63) is 30.1 Å². The van der Waals surface area contributed by atoms with Crippen LogP contribution < -0.4 is 10.6 Å². The van der Waals surface area contributed by atoms with Gasteiger partial charge in [0, 0.05) is 51.5 Å². The molecule has 2 aliphatic rings. The Balaban J connectivity index is 0.00000261. The maximum absolute atomic E-state index is 13.1. The largest absolute Gasteiger partial charge is 0.370 e. The predicted molar refractivity (Wildman–Crippen MR) is 121 cm³/mol. The van der Waals surface area contributed by atoms with Gasteiger partial charge < -0.3 is 20.4 Å². The fourth-order valence-corrected chi connectivity index (χ4v) is 3.91. The van der Waals surface area contributed by atoms with Crippen molar-refractivity contribution in [2.75, 3.05) is 57.3 Å². The third kappa shape index (κ3) is 6.48. The molecule has 7 heteroatoms. The second-order valence-corrected chi connectivity index (χ2v) is 7.96. The fraction of sp³-hybridized carbons (Fsp3) is 0.650. The molecule has 0 aliphatic carbocycles. The molecule has 0 amide bonds. The van der Waals surface area contributed by atoms with Gasteiger partial charge >= 0.3 is 0 Å². The Bertz CT molecular complexity index is 599. The van der Waals surface area contributed by atoms with Gasteiger partial charge in [-0.25, -0.2) is 4.39 Å². The molecule has 2 heterocycles. The van der Waals surface area contributed by atoms with E-state index in [2.05, 4.69) is 33.5 Å². The number of piperazine rings is 1. The van der Waals surface area contributed by atoms with Gasteiger partial charge in [0.05, 0.1) is 0 Å². The lowest BCUT2D eigenvalue weighted by molar-refractivity contribution is 0.288. The standard InChI is InChI=1S/C20H32FN5.HI/c1-16(2)14-24-8-7-17(15-24)13-23-20(22)26-11-9-25(10-12-26)19-5-3-18(21)4-6-19;/h3-6,16-17H,7-15H2,1-2H3,(H2,22,23);1H. The average molecular weight is 489 g/mol. The lowest BCUT2D eigenvalue weighted by Crippen LogP contribution is -2.51. The maximum atomic E-state index is 13.1. The van der Waals surface area contributed by atoms with Crippen LogP contribution in [0.25, 0.3) is 0 Å². The topological polar surface area (TPSA) is 48.1 Å². The molecular weight excluding hydrogens is 456 g/mol. The molecule has 2 N–H and O–H groups in total. The van der Waals surface area contributed by atoms with Gasteiger partial charge in [-0.2, -0.15) is 0 Å². The van der Waals surface area contributed by atoms with Crippen LogP contribution >= 0.6 is 24.0 Å². The molecule has 3 rings (SSSR count). The maximum Gasteiger partial charge on any atom is 0.191 e. The number of likely N-dealkylation sites (tertiary alicyclic amines) is 1. The minimum atomic E-state index is -0.192. The second-order valence-electron chi connectivity index (χ2n) is 7.96. The van der Waals surface area contributed by atoms with Crippen molar-refractivity contribution in [2.45, 2.75) is 20.3 Å². The number of anilines is 1. The first-order chi connectivity index (χ1) is 12.5.